The van der Waals surface area contributed by atoms with Crippen molar-refractivity contribution in [2.24, 2.45) is 0 Å². The highest BCUT2D eigenvalue weighted by Crippen LogP contribution is 2.44. The van der Waals surface area contributed by atoms with Gasteiger partial charge in [0.15, 0.2) is 0 Å². The Morgan fingerprint density at radius 3 is 0.909 bits per heavy atom. The highest BCUT2D eigenvalue weighted by atomic mass is 14.7. The standard InChI is InChI=1S/C85H59N3/c1-2-12-60(13-3-1)61-34-36-63(37-35-61)81-52-85-66-32-28-57(29-33-66)23-24-58-47-70-50-71(48-58)78-19-9-6-16-75(78)68-43-45-84(87-54-68)65-40-38-62(39-41-65)73-14-4-7-17-76(73)69-46-59(49-72(51-69)79-20-10-11-21-80(79)82(81)55-88-85)25-22-56-26-30-64(31-27-56)83-44-42-67(53-86-83)74-15-5-8-18-77(70)74/h1-21,26-55H,22-25H2. The van der Waals surface area contributed by atoms with E-state index in [1.165, 1.54) is 50.1 Å². The third-order valence-corrected chi connectivity index (χ3v) is 18.0. The highest BCUT2D eigenvalue weighted by molar-refractivity contribution is 5.95. The normalized spacial score (nSPS) is 12.1. The van der Waals surface area contributed by atoms with Crippen molar-refractivity contribution in [3.63, 3.8) is 0 Å². The van der Waals surface area contributed by atoms with Crippen molar-refractivity contribution < 1.29 is 0 Å². The van der Waals surface area contributed by atoms with Crippen LogP contribution in [-0.2, 0) is 25.7 Å². The zero-order valence-corrected chi connectivity index (χ0v) is 48.6. The van der Waals surface area contributed by atoms with Crippen LogP contribution in [0.3, 0.4) is 0 Å². The number of benzene rings is 11. The molecule has 0 unspecified atom stereocenters. The topological polar surface area (TPSA) is 38.7 Å². The Kier molecular flexibility index (Phi) is 13.5. The lowest BCUT2D eigenvalue weighted by Gasteiger charge is -2.19. The molecule has 3 heteroatoms. The molecular formula is C85H59N3. The molecule has 0 radical (unpaired) electrons. The van der Waals surface area contributed by atoms with Gasteiger partial charge in [0.1, 0.15) is 0 Å². The number of hydrogen-bond acceptors (Lipinski definition) is 3. The zero-order valence-electron chi connectivity index (χ0n) is 48.6. The van der Waals surface area contributed by atoms with Crippen molar-refractivity contribution in [1.82, 2.24) is 15.0 Å². The Hall–Kier alpha value is -11.1. The molecular weight excluding hydrogens is 1060 g/mol. The first-order valence-corrected chi connectivity index (χ1v) is 30.6. The summed E-state index contributed by atoms with van der Waals surface area (Å²) >= 11 is 0. The molecule has 41 rings (SSSR count). The van der Waals surface area contributed by atoms with Crippen LogP contribution in [0.5, 0.6) is 0 Å². The van der Waals surface area contributed by atoms with Crippen LogP contribution in [0, 0.1) is 0 Å². The average Bonchev–Trinajstić information content (AvgIpc) is 3.79. The molecule has 0 saturated carbocycles. The summed E-state index contributed by atoms with van der Waals surface area (Å²) in [5.41, 5.74) is 34.0. The number of aromatic nitrogens is 3. The fraction of sp³-hybridized carbons (Fsp3) is 0.0471. The molecule has 3 nitrogen and oxygen atoms in total. The Morgan fingerprint density at radius 1 is 0.159 bits per heavy atom. The van der Waals surface area contributed by atoms with Crippen molar-refractivity contribution >= 4 is 0 Å². The largest absolute Gasteiger partial charge is 0.256 e. The van der Waals surface area contributed by atoms with Gasteiger partial charge in [-0.3, -0.25) is 15.0 Å². The van der Waals surface area contributed by atoms with Gasteiger partial charge in [-0.05, 0) is 173 Å². The van der Waals surface area contributed by atoms with Crippen molar-refractivity contribution in [1.29, 1.82) is 0 Å². The summed E-state index contributed by atoms with van der Waals surface area (Å²) in [7, 11) is 0. The number of rotatable bonds is 2. The molecule has 0 N–H and O–H groups in total. The second-order valence-electron chi connectivity index (χ2n) is 23.4. The van der Waals surface area contributed by atoms with Crippen LogP contribution in [0.1, 0.15) is 22.3 Å². The van der Waals surface area contributed by atoms with Gasteiger partial charge in [0.05, 0.1) is 17.1 Å². The molecule has 0 fully saturated rings. The minimum atomic E-state index is 0.847. The molecule has 3 aromatic heterocycles. The number of hydrogen-bond donors (Lipinski definition) is 0. The smallest absolute Gasteiger partial charge is 0.0708 e. The minimum Gasteiger partial charge on any atom is -0.256 e. The maximum Gasteiger partial charge on any atom is 0.0708 e. The minimum absolute atomic E-state index is 0.847. The van der Waals surface area contributed by atoms with Gasteiger partial charge >= 0.3 is 0 Å². The average molecular weight is 1120 g/mol. The van der Waals surface area contributed by atoms with Gasteiger partial charge in [-0.25, -0.2) is 0 Å². The highest BCUT2D eigenvalue weighted by Gasteiger charge is 2.20. The van der Waals surface area contributed by atoms with Crippen LogP contribution < -0.4 is 0 Å². The second kappa shape index (κ2) is 22.7. The van der Waals surface area contributed by atoms with E-state index in [1.807, 2.05) is 12.4 Å². The van der Waals surface area contributed by atoms with E-state index < -0.39 is 0 Å². The summed E-state index contributed by atoms with van der Waals surface area (Å²) < 4.78 is 0. The van der Waals surface area contributed by atoms with Crippen LogP contribution in [0.25, 0.3) is 145 Å². The van der Waals surface area contributed by atoms with Crippen LogP contribution in [-0.4, -0.2) is 15.0 Å². The molecule has 27 aliphatic rings. The first-order chi connectivity index (χ1) is 43.5. The lowest BCUT2D eigenvalue weighted by atomic mass is 9.86. The molecule has 88 heavy (non-hydrogen) atoms. The van der Waals surface area contributed by atoms with Crippen LogP contribution in [0.4, 0.5) is 0 Å². The van der Waals surface area contributed by atoms with Gasteiger partial charge in [-0.15, -0.1) is 0 Å². The van der Waals surface area contributed by atoms with Crippen molar-refractivity contribution in [2.45, 2.75) is 25.7 Å². The van der Waals surface area contributed by atoms with E-state index in [1.54, 1.807) is 0 Å². The first kappa shape index (κ1) is 52.4. The fourth-order valence-electron chi connectivity index (χ4n) is 13.3. The molecule has 0 spiro atoms. The predicted octanol–water partition coefficient (Wildman–Crippen LogP) is 21.7. The molecule has 0 amide bonds. The van der Waals surface area contributed by atoms with Crippen molar-refractivity contribution in [2.75, 3.05) is 0 Å². The predicted molar refractivity (Wildman–Crippen MR) is 365 cm³/mol. The maximum absolute atomic E-state index is 5.36. The molecule has 16 aliphatic heterocycles. The summed E-state index contributed by atoms with van der Waals surface area (Å²) in [6.45, 7) is 0. The molecule has 0 saturated heterocycles. The number of pyridine rings is 3. The van der Waals surface area contributed by atoms with E-state index >= 15 is 0 Å². The lowest BCUT2D eigenvalue weighted by Crippen LogP contribution is -1.97. The SMILES string of the molecule is c1ccc(-c2ccc(-c3cc4ncc3-c3ccccc3-c3cc5cc(c3)-c3ccccc3-c3ccc(cc3)-c3ccc(cn3)-c3ccccc3-c3cc(cc(c3)-c3ccccc3-c3ccc(nc3)-c3ccc(cc3)CC5)CCc3ccc-4cc3)cc2)cc1. The van der Waals surface area contributed by atoms with E-state index in [9.17, 15) is 0 Å². The van der Waals surface area contributed by atoms with E-state index in [4.69, 9.17) is 15.0 Å². The number of aryl methyl sites for hydroxylation is 4. The zero-order chi connectivity index (χ0) is 58.3. The van der Waals surface area contributed by atoms with Gasteiger partial charge in [0.2, 0.25) is 0 Å². The monoisotopic (exact) mass is 1120 g/mol. The van der Waals surface area contributed by atoms with Gasteiger partial charge in [-0.1, -0.05) is 261 Å². The summed E-state index contributed by atoms with van der Waals surface area (Å²) in [4.78, 5) is 15.7. The summed E-state index contributed by atoms with van der Waals surface area (Å²) in [5, 5.41) is 0. The summed E-state index contributed by atoms with van der Waals surface area (Å²) in [5.74, 6) is 0. The Balaban J connectivity index is 0.925. The third kappa shape index (κ3) is 10.2. The van der Waals surface area contributed by atoms with Crippen molar-refractivity contribution in [3.8, 4) is 145 Å². The number of nitrogens with zero attached hydrogens (tertiary/aromatic N) is 3. The van der Waals surface area contributed by atoms with Crippen molar-refractivity contribution in [3.05, 3.63) is 332 Å². The third-order valence-electron chi connectivity index (χ3n) is 18.0. The van der Waals surface area contributed by atoms with E-state index in [0.717, 1.165) is 143 Å². The van der Waals surface area contributed by atoms with Crippen LogP contribution >= 0.6 is 0 Å². The molecule has 19 heterocycles. The van der Waals surface area contributed by atoms with Crippen LogP contribution in [0.2, 0.25) is 0 Å². The molecule has 18 bridgehead atoms. The summed E-state index contributed by atoms with van der Waals surface area (Å²) in [6.07, 6.45) is 9.63. The molecule has 414 valence electrons. The van der Waals surface area contributed by atoms with Crippen LogP contribution in [0.15, 0.2) is 310 Å². The quantitative estimate of drug-likeness (QED) is 0.173. The van der Waals surface area contributed by atoms with E-state index in [0.29, 0.717) is 0 Å². The van der Waals surface area contributed by atoms with Gasteiger partial charge in [-0.2, -0.15) is 0 Å². The lowest BCUT2D eigenvalue weighted by molar-refractivity contribution is 0.961. The second-order valence-corrected chi connectivity index (χ2v) is 23.4. The van der Waals surface area contributed by atoms with E-state index in [-0.39, 0.29) is 0 Å². The van der Waals surface area contributed by atoms with Gasteiger partial charge < -0.3 is 0 Å². The van der Waals surface area contributed by atoms with Gasteiger partial charge in [0, 0.05) is 52.0 Å². The fourth-order valence-corrected chi connectivity index (χ4v) is 13.3. The van der Waals surface area contributed by atoms with E-state index in [2.05, 4.69) is 297 Å². The Bertz CT molecular complexity index is 4890. The Morgan fingerprint density at radius 2 is 0.466 bits per heavy atom. The first-order valence-electron chi connectivity index (χ1n) is 30.6. The molecule has 14 aromatic rings. The van der Waals surface area contributed by atoms with Gasteiger partial charge in [0.25, 0.3) is 0 Å². The summed E-state index contributed by atoms with van der Waals surface area (Å²) in [6, 6.07) is 108. The Labute approximate surface area is 514 Å². The molecule has 11 aliphatic carbocycles. The molecule has 0 atom stereocenters. The maximum atomic E-state index is 5.36. The molecule has 11 aromatic carbocycles.